The fourth-order valence-corrected chi connectivity index (χ4v) is 1.89. The quantitative estimate of drug-likeness (QED) is 0.723. The van der Waals surface area contributed by atoms with Crippen molar-refractivity contribution in [2.45, 2.75) is 25.3 Å². The van der Waals surface area contributed by atoms with E-state index in [0.29, 0.717) is 0 Å². The molecule has 0 aromatic carbocycles. The summed E-state index contributed by atoms with van der Waals surface area (Å²) in [5, 5.41) is 8.56. The van der Waals surface area contributed by atoms with E-state index >= 15 is 0 Å². The van der Waals surface area contributed by atoms with Gasteiger partial charge in [-0.2, -0.15) is 5.26 Å². The summed E-state index contributed by atoms with van der Waals surface area (Å²) in [6.07, 6.45) is 3.08. The maximum Gasteiger partial charge on any atom is 0.0940 e. The molecule has 1 saturated heterocycles. The molecule has 4 nitrogen and oxygen atoms in total. The van der Waals surface area contributed by atoms with Crippen molar-refractivity contribution in [3.8, 4) is 6.07 Å². The first-order valence-electron chi connectivity index (χ1n) is 5.64. The summed E-state index contributed by atoms with van der Waals surface area (Å²) >= 11 is 0. The first-order valence-corrected chi connectivity index (χ1v) is 5.64. The highest BCUT2D eigenvalue weighted by Gasteiger charge is 2.15. The van der Waals surface area contributed by atoms with Crippen LogP contribution in [0.2, 0.25) is 0 Å². The van der Waals surface area contributed by atoms with Crippen LogP contribution in [-0.4, -0.2) is 44.3 Å². The molecule has 15 heavy (non-hydrogen) atoms. The molecule has 1 unspecified atom stereocenters. The first-order chi connectivity index (χ1) is 7.22. The van der Waals surface area contributed by atoms with Crippen LogP contribution in [0.15, 0.2) is 0 Å². The zero-order chi connectivity index (χ0) is 11.1. The Labute approximate surface area is 92.0 Å². The number of hydrogen-bond donors (Lipinski definition) is 1. The molecular weight excluding hydrogens is 190 g/mol. The normalized spacial score (nSPS) is 20.1. The van der Waals surface area contributed by atoms with Crippen LogP contribution in [0.3, 0.4) is 0 Å². The Morgan fingerprint density at radius 1 is 1.53 bits per heavy atom. The summed E-state index contributed by atoms with van der Waals surface area (Å²) < 4.78 is 5.32. The number of rotatable bonds is 5. The molecule has 86 valence electrons. The fraction of sp³-hybridized carbons (Fsp3) is 0.909. The number of nitrogens with zero attached hydrogens (tertiary/aromatic N) is 2. The second-order valence-corrected chi connectivity index (χ2v) is 4.34. The van der Waals surface area contributed by atoms with Gasteiger partial charge in [0.2, 0.25) is 0 Å². The van der Waals surface area contributed by atoms with E-state index in [1.54, 1.807) is 0 Å². The van der Waals surface area contributed by atoms with Gasteiger partial charge >= 0.3 is 0 Å². The van der Waals surface area contributed by atoms with Gasteiger partial charge in [0.05, 0.1) is 12.1 Å². The molecule has 4 heteroatoms. The van der Waals surface area contributed by atoms with E-state index in [1.807, 2.05) is 0 Å². The zero-order valence-corrected chi connectivity index (χ0v) is 9.48. The minimum absolute atomic E-state index is 0.317. The van der Waals surface area contributed by atoms with Gasteiger partial charge in [-0.15, -0.1) is 0 Å². The van der Waals surface area contributed by atoms with Crippen LogP contribution in [0.4, 0.5) is 0 Å². The van der Waals surface area contributed by atoms with Gasteiger partial charge in [0.1, 0.15) is 0 Å². The lowest BCUT2D eigenvalue weighted by Crippen LogP contribution is -2.32. The second kappa shape index (κ2) is 6.78. The van der Waals surface area contributed by atoms with E-state index in [0.717, 1.165) is 51.5 Å². The largest absolute Gasteiger partial charge is 0.381 e. The lowest BCUT2D eigenvalue weighted by Gasteiger charge is -2.27. The van der Waals surface area contributed by atoms with Crippen molar-refractivity contribution in [1.29, 1.82) is 5.26 Å². The highest BCUT2D eigenvalue weighted by atomic mass is 16.5. The van der Waals surface area contributed by atoms with Crippen LogP contribution in [0.1, 0.15) is 19.3 Å². The summed E-state index contributed by atoms with van der Waals surface area (Å²) in [5.74, 6) is 0.752. The molecule has 0 aromatic rings. The van der Waals surface area contributed by atoms with E-state index < -0.39 is 0 Å². The smallest absolute Gasteiger partial charge is 0.0940 e. The molecule has 1 atom stereocenters. The van der Waals surface area contributed by atoms with E-state index in [9.17, 15) is 0 Å². The van der Waals surface area contributed by atoms with Gasteiger partial charge < -0.3 is 15.4 Å². The molecule has 1 heterocycles. The van der Waals surface area contributed by atoms with Gasteiger partial charge in [-0.05, 0) is 32.2 Å². The van der Waals surface area contributed by atoms with Crippen LogP contribution in [0.25, 0.3) is 0 Å². The van der Waals surface area contributed by atoms with E-state index in [4.69, 9.17) is 15.7 Å². The number of ether oxygens (including phenoxy) is 1. The van der Waals surface area contributed by atoms with Crippen molar-refractivity contribution in [2.75, 3.05) is 33.4 Å². The Bertz CT molecular complexity index is 208. The van der Waals surface area contributed by atoms with Crippen LogP contribution in [-0.2, 0) is 4.74 Å². The molecule has 2 N–H and O–H groups in total. The maximum atomic E-state index is 8.56. The molecule has 1 aliphatic rings. The van der Waals surface area contributed by atoms with Gasteiger partial charge in [0.15, 0.2) is 0 Å². The molecule has 0 bridgehead atoms. The highest BCUT2D eigenvalue weighted by Crippen LogP contribution is 2.15. The Morgan fingerprint density at radius 3 is 2.80 bits per heavy atom. The Kier molecular flexibility index (Phi) is 5.62. The molecule has 0 amide bonds. The molecule has 0 aromatic heterocycles. The maximum absolute atomic E-state index is 8.56. The number of nitriles is 1. The molecule has 1 fully saturated rings. The standard InChI is InChI=1S/C11H21N3O/c1-14(5-2-11(13)8-12)9-10-3-6-15-7-4-10/h10-11H,2-7,9,13H2,1H3. The van der Waals surface area contributed by atoms with Crippen LogP contribution >= 0.6 is 0 Å². The fourth-order valence-electron chi connectivity index (χ4n) is 1.89. The summed E-state index contributed by atoms with van der Waals surface area (Å²) in [4.78, 5) is 2.27. The Hall–Kier alpha value is -0.630. The van der Waals surface area contributed by atoms with Gasteiger partial charge in [-0.25, -0.2) is 0 Å². The Balaban J connectivity index is 2.12. The molecule has 1 aliphatic heterocycles. The van der Waals surface area contributed by atoms with Crippen LogP contribution < -0.4 is 5.73 Å². The van der Waals surface area contributed by atoms with Crippen molar-refractivity contribution < 1.29 is 4.74 Å². The van der Waals surface area contributed by atoms with Crippen LogP contribution in [0.5, 0.6) is 0 Å². The summed E-state index contributed by atoms with van der Waals surface area (Å²) in [6.45, 7) is 3.81. The molecule has 1 rings (SSSR count). The molecule has 0 spiro atoms. The van der Waals surface area contributed by atoms with Crippen molar-refractivity contribution in [2.24, 2.45) is 11.7 Å². The first kappa shape index (κ1) is 12.4. The van der Waals surface area contributed by atoms with Crippen molar-refractivity contribution in [1.82, 2.24) is 4.90 Å². The summed E-state index contributed by atoms with van der Waals surface area (Å²) in [5.41, 5.74) is 5.55. The summed E-state index contributed by atoms with van der Waals surface area (Å²) in [6, 6.07) is 1.74. The topological polar surface area (TPSA) is 62.3 Å². The number of nitrogens with two attached hydrogens (primary N) is 1. The van der Waals surface area contributed by atoms with Gasteiger partial charge in [-0.3, -0.25) is 0 Å². The van der Waals surface area contributed by atoms with Gasteiger partial charge in [0.25, 0.3) is 0 Å². The van der Waals surface area contributed by atoms with E-state index in [1.165, 1.54) is 0 Å². The minimum Gasteiger partial charge on any atom is -0.381 e. The molecule has 0 radical (unpaired) electrons. The van der Waals surface area contributed by atoms with Crippen molar-refractivity contribution in [3.05, 3.63) is 0 Å². The third-order valence-electron chi connectivity index (χ3n) is 2.90. The van der Waals surface area contributed by atoms with Gasteiger partial charge in [0, 0.05) is 26.3 Å². The third kappa shape index (κ3) is 5.12. The van der Waals surface area contributed by atoms with E-state index in [2.05, 4.69) is 18.0 Å². The lowest BCUT2D eigenvalue weighted by molar-refractivity contribution is 0.0556. The predicted molar refractivity (Wildman–Crippen MR) is 59.2 cm³/mol. The van der Waals surface area contributed by atoms with E-state index in [-0.39, 0.29) is 6.04 Å². The molecular formula is C11H21N3O. The monoisotopic (exact) mass is 211 g/mol. The molecule has 0 saturated carbocycles. The van der Waals surface area contributed by atoms with Crippen molar-refractivity contribution >= 4 is 0 Å². The average molecular weight is 211 g/mol. The third-order valence-corrected chi connectivity index (χ3v) is 2.90. The second-order valence-electron chi connectivity index (χ2n) is 4.34. The number of hydrogen-bond acceptors (Lipinski definition) is 4. The SMILES string of the molecule is CN(CCC(N)C#N)CC1CCOCC1. The Morgan fingerprint density at radius 2 is 2.20 bits per heavy atom. The predicted octanol–water partition coefficient (Wildman–Crippen LogP) is 0.586. The summed E-state index contributed by atoms with van der Waals surface area (Å²) in [7, 11) is 2.10. The minimum atomic E-state index is -0.317. The molecule has 0 aliphatic carbocycles. The lowest BCUT2D eigenvalue weighted by atomic mass is 10.00. The zero-order valence-electron chi connectivity index (χ0n) is 9.48. The van der Waals surface area contributed by atoms with Crippen molar-refractivity contribution in [3.63, 3.8) is 0 Å². The van der Waals surface area contributed by atoms with Gasteiger partial charge in [-0.1, -0.05) is 0 Å². The van der Waals surface area contributed by atoms with Crippen LogP contribution in [0, 0.1) is 17.2 Å². The highest BCUT2D eigenvalue weighted by molar-refractivity contribution is 4.86. The average Bonchev–Trinajstić information content (AvgIpc) is 2.27.